The van der Waals surface area contributed by atoms with Crippen LogP contribution in [0.15, 0.2) is 174 Å². The monoisotopic (exact) mass is 589 g/mol. The molecule has 2 heteroatoms. The van der Waals surface area contributed by atoms with Crippen molar-refractivity contribution in [1.82, 2.24) is 0 Å². The lowest BCUT2D eigenvalue weighted by atomic mass is 9.73. The maximum Gasteiger partial charge on any atom is 0.136 e. The van der Waals surface area contributed by atoms with Crippen molar-refractivity contribution in [2.75, 3.05) is 4.90 Å². The van der Waals surface area contributed by atoms with E-state index in [0.717, 1.165) is 44.6 Å². The van der Waals surface area contributed by atoms with Crippen LogP contribution in [0.1, 0.15) is 23.6 Å². The summed E-state index contributed by atoms with van der Waals surface area (Å²) in [5.74, 6) is 0. The van der Waals surface area contributed by atoms with Gasteiger partial charge in [0.15, 0.2) is 0 Å². The molecule has 2 nitrogen and oxygen atoms in total. The highest BCUT2D eigenvalue weighted by Gasteiger charge is 2.41. The summed E-state index contributed by atoms with van der Waals surface area (Å²) < 4.78 is 6.61. The molecular formula is C44H31NO. The highest BCUT2D eigenvalue weighted by atomic mass is 16.3. The second-order valence-corrected chi connectivity index (χ2v) is 12.3. The number of nitrogens with zero attached hydrogens (tertiary/aromatic N) is 1. The molecule has 0 spiro atoms. The first-order valence-electron chi connectivity index (χ1n) is 15.9. The highest BCUT2D eigenvalue weighted by molar-refractivity contribution is 6.13. The van der Waals surface area contributed by atoms with Gasteiger partial charge < -0.3 is 9.32 Å². The van der Waals surface area contributed by atoms with E-state index in [-0.39, 0.29) is 5.41 Å². The number of furan rings is 1. The van der Waals surface area contributed by atoms with Gasteiger partial charge in [-0.15, -0.1) is 0 Å². The molecule has 46 heavy (non-hydrogen) atoms. The summed E-state index contributed by atoms with van der Waals surface area (Å²) in [5, 5.41) is 2.29. The molecule has 218 valence electrons. The average molecular weight is 590 g/mol. The van der Waals surface area contributed by atoms with Crippen molar-refractivity contribution in [3.8, 4) is 22.3 Å². The molecule has 0 N–H and O–H groups in total. The van der Waals surface area contributed by atoms with E-state index >= 15 is 0 Å². The molecule has 7 aromatic carbocycles. The normalized spacial score (nSPS) is 13.1. The number of para-hydroxylation sites is 3. The molecular weight excluding hydrogens is 558 g/mol. The molecule has 1 aliphatic carbocycles. The van der Waals surface area contributed by atoms with E-state index in [4.69, 9.17) is 4.42 Å². The van der Waals surface area contributed by atoms with Crippen LogP contribution in [0.4, 0.5) is 17.1 Å². The van der Waals surface area contributed by atoms with E-state index in [1.165, 1.54) is 33.4 Å². The molecule has 0 saturated heterocycles. The van der Waals surface area contributed by atoms with Crippen LogP contribution in [0.2, 0.25) is 0 Å². The molecule has 0 radical (unpaired) electrons. The topological polar surface area (TPSA) is 16.4 Å². The van der Waals surface area contributed by atoms with Gasteiger partial charge in [-0.05, 0) is 100 Å². The third-order valence-electron chi connectivity index (χ3n) is 9.74. The Balaban J connectivity index is 1.26. The number of anilines is 3. The largest absolute Gasteiger partial charge is 0.456 e. The lowest BCUT2D eigenvalue weighted by Crippen LogP contribution is -2.22. The Hall–Kier alpha value is -5.86. The number of rotatable bonds is 5. The number of benzene rings is 7. The van der Waals surface area contributed by atoms with Crippen LogP contribution in [0.25, 0.3) is 44.2 Å². The van der Waals surface area contributed by atoms with E-state index in [2.05, 4.69) is 176 Å². The first-order valence-corrected chi connectivity index (χ1v) is 15.9. The second-order valence-electron chi connectivity index (χ2n) is 12.3. The summed E-state index contributed by atoms with van der Waals surface area (Å²) in [5.41, 5.74) is 13.7. The fourth-order valence-electron chi connectivity index (χ4n) is 7.53. The number of hydrogen-bond donors (Lipinski definition) is 0. The lowest BCUT2D eigenvalue weighted by molar-refractivity contribution is 0.662. The number of hydrogen-bond acceptors (Lipinski definition) is 2. The highest BCUT2D eigenvalue weighted by Crippen LogP contribution is 2.53. The minimum atomic E-state index is -0.327. The minimum Gasteiger partial charge on any atom is -0.456 e. The van der Waals surface area contributed by atoms with Crippen LogP contribution >= 0.6 is 0 Å². The molecule has 0 saturated carbocycles. The fraction of sp³-hybridized carbons (Fsp3) is 0.0455. The Labute approximate surface area is 268 Å². The molecule has 0 atom stereocenters. The van der Waals surface area contributed by atoms with Crippen molar-refractivity contribution in [3.63, 3.8) is 0 Å². The first-order chi connectivity index (χ1) is 22.7. The van der Waals surface area contributed by atoms with E-state index in [9.17, 15) is 0 Å². The fourth-order valence-corrected chi connectivity index (χ4v) is 7.53. The molecule has 0 fully saturated rings. The number of fused-ring (bicyclic) bond motifs is 6. The SMILES string of the molecule is CC1(c2cc(-c3ccc(N(c4ccccc4)c4ccccc4)cc3)c3c(c2)oc2ccccc23)c2ccccc2-c2ccccc21. The smallest absolute Gasteiger partial charge is 0.136 e. The lowest BCUT2D eigenvalue weighted by Gasteiger charge is -2.29. The van der Waals surface area contributed by atoms with Crippen LogP contribution in [0.3, 0.4) is 0 Å². The van der Waals surface area contributed by atoms with Gasteiger partial charge in [-0.2, -0.15) is 0 Å². The predicted molar refractivity (Wildman–Crippen MR) is 191 cm³/mol. The Morgan fingerprint density at radius 1 is 0.457 bits per heavy atom. The molecule has 1 aromatic heterocycles. The van der Waals surface area contributed by atoms with Gasteiger partial charge in [0.2, 0.25) is 0 Å². The molecule has 0 unspecified atom stereocenters. The van der Waals surface area contributed by atoms with Gasteiger partial charge in [-0.1, -0.05) is 115 Å². The summed E-state index contributed by atoms with van der Waals surface area (Å²) in [6.07, 6.45) is 0. The van der Waals surface area contributed by atoms with Crippen molar-refractivity contribution in [2.45, 2.75) is 12.3 Å². The molecule has 1 heterocycles. The van der Waals surface area contributed by atoms with Crippen molar-refractivity contribution in [3.05, 3.63) is 187 Å². The van der Waals surface area contributed by atoms with Crippen LogP contribution in [-0.2, 0) is 5.41 Å². The summed E-state index contributed by atoms with van der Waals surface area (Å²) in [6.45, 7) is 2.37. The zero-order valence-electron chi connectivity index (χ0n) is 25.5. The first kappa shape index (κ1) is 26.5. The summed E-state index contributed by atoms with van der Waals surface area (Å²) in [7, 11) is 0. The van der Waals surface area contributed by atoms with Crippen molar-refractivity contribution >= 4 is 39.0 Å². The third-order valence-corrected chi connectivity index (χ3v) is 9.74. The molecule has 8 aromatic rings. The molecule has 9 rings (SSSR count). The van der Waals surface area contributed by atoms with Gasteiger partial charge in [-0.25, -0.2) is 0 Å². The summed E-state index contributed by atoms with van der Waals surface area (Å²) >= 11 is 0. The van der Waals surface area contributed by atoms with Crippen LogP contribution in [0.5, 0.6) is 0 Å². The van der Waals surface area contributed by atoms with Crippen molar-refractivity contribution < 1.29 is 4.42 Å². The van der Waals surface area contributed by atoms with E-state index in [1.807, 2.05) is 6.07 Å². The van der Waals surface area contributed by atoms with Gasteiger partial charge in [0, 0.05) is 33.2 Å². The van der Waals surface area contributed by atoms with Crippen molar-refractivity contribution in [2.24, 2.45) is 0 Å². The average Bonchev–Trinajstić information content (AvgIpc) is 3.63. The third kappa shape index (κ3) is 3.97. The van der Waals surface area contributed by atoms with Gasteiger partial charge in [0.25, 0.3) is 0 Å². The Morgan fingerprint density at radius 3 is 1.61 bits per heavy atom. The Kier molecular flexibility index (Phi) is 5.97. The van der Waals surface area contributed by atoms with Crippen LogP contribution in [0, 0.1) is 0 Å². The molecule has 0 amide bonds. The Bertz CT molecular complexity index is 2280. The molecule has 0 aliphatic heterocycles. The second kappa shape index (κ2) is 10.4. The van der Waals surface area contributed by atoms with Crippen LogP contribution < -0.4 is 4.90 Å². The van der Waals surface area contributed by atoms with Gasteiger partial charge >= 0.3 is 0 Å². The van der Waals surface area contributed by atoms with Gasteiger partial charge in [0.1, 0.15) is 11.2 Å². The Morgan fingerprint density at radius 2 is 0.978 bits per heavy atom. The maximum atomic E-state index is 6.61. The summed E-state index contributed by atoms with van der Waals surface area (Å²) in [6, 6.07) is 60.8. The summed E-state index contributed by atoms with van der Waals surface area (Å²) in [4.78, 5) is 2.30. The zero-order valence-corrected chi connectivity index (χ0v) is 25.5. The van der Waals surface area contributed by atoms with E-state index in [0.29, 0.717) is 0 Å². The standard InChI is InChI=1S/C44H31NO/c1-44(39-21-11-8-18-35(39)36-19-9-12-22-40(36)44)31-28-38(43-37-20-10-13-23-41(37)46-42(43)29-31)30-24-26-34(27-25-30)45(32-14-4-2-5-15-32)33-16-6-3-7-17-33/h2-29H,1H3. The minimum absolute atomic E-state index is 0.327. The van der Waals surface area contributed by atoms with Crippen molar-refractivity contribution in [1.29, 1.82) is 0 Å². The van der Waals surface area contributed by atoms with Gasteiger partial charge in [0.05, 0.1) is 0 Å². The molecule has 1 aliphatic rings. The van der Waals surface area contributed by atoms with E-state index < -0.39 is 0 Å². The molecule has 0 bridgehead atoms. The maximum absolute atomic E-state index is 6.61. The predicted octanol–water partition coefficient (Wildman–Crippen LogP) is 12.1. The zero-order chi connectivity index (χ0) is 30.7. The quantitative estimate of drug-likeness (QED) is 0.199. The van der Waals surface area contributed by atoms with Gasteiger partial charge in [-0.3, -0.25) is 0 Å². The van der Waals surface area contributed by atoms with Crippen LogP contribution in [-0.4, -0.2) is 0 Å². The van der Waals surface area contributed by atoms with E-state index in [1.54, 1.807) is 0 Å².